The summed E-state index contributed by atoms with van der Waals surface area (Å²) in [5.41, 5.74) is 0.0788. The van der Waals surface area contributed by atoms with Crippen LogP contribution in [0.25, 0.3) is 0 Å². The third-order valence-corrected chi connectivity index (χ3v) is 5.15. The van der Waals surface area contributed by atoms with Crippen LogP contribution < -0.4 is 5.14 Å². The number of nitrogens with two attached hydrogens (primary N) is 1. The third-order valence-electron chi connectivity index (χ3n) is 3.45. The summed E-state index contributed by atoms with van der Waals surface area (Å²) in [6, 6.07) is 2.34. The van der Waals surface area contributed by atoms with E-state index in [1.807, 2.05) is 0 Å². The van der Waals surface area contributed by atoms with Gasteiger partial charge in [-0.2, -0.15) is 0 Å². The maximum atomic E-state index is 12.6. The van der Waals surface area contributed by atoms with Crippen LogP contribution in [0.15, 0.2) is 17.0 Å². The Balaban J connectivity index is 2.42. The molecule has 0 spiro atoms. The van der Waals surface area contributed by atoms with Crippen molar-refractivity contribution in [3.63, 3.8) is 0 Å². The zero-order chi connectivity index (χ0) is 15.6. The van der Waals surface area contributed by atoms with Crippen molar-refractivity contribution in [1.82, 2.24) is 4.90 Å². The monoisotopic (exact) mass is 350 g/mol. The highest BCUT2D eigenvalue weighted by Crippen LogP contribution is 2.30. The summed E-state index contributed by atoms with van der Waals surface area (Å²) >= 11 is 12.0. The fourth-order valence-corrected chi connectivity index (χ4v) is 3.37. The number of carbonyl (C=O) groups excluding carboxylic acids is 1. The molecule has 0 bridgehead atoms. The summed E-state index contributed by atoms with van der Waals surface area (Å²) in [5.74, 6) is -0.311. The molecule has 0 aromatic heterocycles. The Hall–Kier alpha value is -0.820. The molecule has 1 aromatic rings. The summed E-state index contributed by atoms with van der Waals surface area (Å²) in [6.07, 6.45) is 4.00. The van der Waals surface area contributed by atoms with Gasteiger partial charge in [-0.05, 0) is 25.0 Å². The molecule has 1 fully saturated rings. The molecule has 0 aliphatic carbocycles. The second kappa shape index (κ2) is 6.52. The minimum atomic E-state index is -3.95. The van der Waals surface area contributed by atoms with Gasteiger partial charge in [0.05, 0.1) is 20.5 Å². The molecule has 2 N–H and O–H groups in total. The molecule has 1 aromatic carbocycles. The molecule has 1 saturated heterocycles. The van der Waals surface area contributed by atoms with Crippen LogP contribution in [0.3, 0.4) is 0 Å². The number of primary sulfonamides is 1. The number of benzene rings is 1. The van der Waals surface area contributed by atoms with Gasteiger partial charge in [0.2, 0.25) is 10.0 Å². The molecule has 1 aliphatic rings. The normalized spacial score (nSPS) is 16.6. The zero-order valence-corrected chi connectivity index (χ0v) is 13.6. The predicted octanol–water partition coefficient (Wildman–Crippen LogP) is 2.66. The maximum Gasteiger partial charge on any atom is 0.255 e. The van der Waals surface area contributed by atoms with Crippen LogP contribution in [0.2, 0.25) is 10.0 Å². The molecule has 1 heterocycles. The van der Waals surface area contributed by atoms with Crippen LogP contribution in [0.1, 0.15) is 36.0 Å². The lowest BCUT2D eigenvalue weighted by Gasteiger charge is -2.21. The first-order chi connectivity index (χ1) is 9.80. The summed E-state index contributed by atoms with van der Waals surface area (Å²) in [5, 5.41) is 5.15. The molecule has 1 amide bonds. The standard InChI is InChI=1S/C13H16Cl2N2O3S/c14-11-8-9(21(16,19)20)7-10(12(11)15)13(18)17-5-3-1-2-4-6-17/h7-8H,1-6H2,(H2,16,19,20). The van der Waals surface area contributed by atoms with Crippen molar-refractivity contribution in [3.05, 3.63) is 27.7 Å². The van der Waals surface area contributed by atoms with Crippen LogP contribution in [0.4, 0.5) is 0 Å². The fourth-order valence-electron chi connectivity index (χ4n) is 2.33. The largest absolute Gasteiger partial charge is 0.339 e. The van der Waals surface area contributed by atoms with E-state index in [-0.39, 0.29) is 26.4 Å². The third kappa shape index (κ3) is 3.88. The van der Waals surface area contributed by atoms with Crippen molar-refractivity contribution in [2.75, 3.05) is 13.1 Å². The van der Waals surface area contributed by atoms with Crippen molar-refractivity contribution in [2.24, 2.45) is 5.14 Å². The van der Waals surface area contributed by atoms with Crippen molar-refractivity contribution in [1.29, 1.82) is 0 Å². The van der Waals surface area contributed by atoms with Gasteiger partial charge >= 0.3 is 0 Å². The van der Waals surface area contributed by atoms with Crippen LogP contribution >= 0.6 is 23.2 Å². The lowest BCUT2D eigenvalue weighted by Crippen LogP contribution is -2.32. The summed E-state index contributed by atoms with van der Waals surface area (Å²) < 4.78 is 22.9. The Kier molecular flexibility index (Phi) is 5.14. The van der Waals surface area contributed by atoms with Gasteiger partial charge < -0.3 is 4.90 Å². The van der Waals surface area contributed by atoms with Crippen molar-refractivity contribution in [2.45, 2.75) is 30.6 Å². The first-order valence-corrected chi connectivity index (χ1v) is 8.92. The highest BCUT2D eigenvalue weighted by atomic mass is 35.5. The predicted molar refractivity (Wildman–Crippen MR) is 82.2 cm³/mol. The Labute approximate surface area is 134 Å². The van der Waals surface area contributed by atoms with E-state index in [1.54, 1.807) is 4.90 Å². The molecule has 21 heavy (non-hydrogen) atoms. The number of hydrogen-bond donors (Lipinski definition) is 1. The molecule has 1 aliphatic heterocycles. The number of sulfonamides is 1. The smallest absolute Gasteiger partial charge is 0.255 e. The second-order valence-corrected chi connectivity index (χ2v) is 7.36. The zero-order valence-electron chi connectivity index (χ0n) is 11.3. The van der Waals surface area contributed by atoms with E-state index < -0.39 is 10.0 Å². The number of amides is 1. The first kappa shape index (κ1) is 16.5. The Bertz CT molecular complexity index is 654. The topological polar surface area (TPSA) is 80.5 Å². The average molecular weight is 351 g/mol. The van der Waals surface area contributed by atoms with E-state index in [9.17, 15) is 13.2 Å². The number of nitrogens with zero attached hydrogens (tertiary/aromatic N) is 1. The van der Waals surface area contributed by atoms with Gasteiger partial charge in [-0.25, -0.2) is 13.6 Å². The highest BCUT2D eigenvalue weighted by Gasteiger charge is 2.23. The van der Waals surface area contributed by atoms with Crippen molar-refractivity contribution in [3.8, 4) is 0 Å². The number of halogens is 2. The van der Waals surface area contributed by atoms with Gasteiger partial charge in [-0.15, -0.1) is 0 Å². The number of carbonyl (C=O) groups is 1. The van der Waals surface area contributed by atoms with Gasteiger partial charge in [0.15, 0.2) is 0 Å². The highest BCUT2D eigenvalue weighted by molar-refractivity contribution is 7.89. The van der Waals surface area contributed by atoms with Crippen LogP contribution in [0.5, 0.6) is 0 Å². The minimum absolute atomic E-state index is 0.00126. The molecule has 0 saturated carbocycles. The first-order valence-electron chi connectivity index (χ1n) is 6.62. The Morgan fingerprint density at radius 3 is 2.19 bits per heavy atom. The molecule has 0 radical (unpaired) electrons. The van der Waals surface area contributed by atoms with E-state index >= 15 is 0 Å². The minimum Gasteiger partial charge on any atom is -0.339 e. The molecular weight excluding hydrogens is 335 g/mol. The van der Waals surface area contributed by atoms with Crippen LogP contribution in [-0.4, -0.2) is 32.3 Å². The van der Waals surface area contributed by atoms with E-state index in [2.05, 4.69) is 0 Å². The number of rotatable bonds is 2. The molecule has 5 nitrogen and oxygen atoms in total. The van der Waals surface area contributed by atoms with E-state index in [0.29, 0.717) is 13.1 Å². The van der Waals surface area contributed by atoms with Gasteiger partial charge in [0.25, 0.3) is 5.91 Å². The lowest BCUT2D eigenvalue weighted by molar-refractivity contribution is 0.0761. The Morgan fingerprint density at radius 2 is 1.67 bits per heavy atom. The fraction of sp³-hybridized carbons (Fsp3) is 0.462. The molecule has 0 atom stereocenters. The van der Waals surface area contributed by atoms with Crippen LogP contribution in [-0.2, 0) is 10.0 Å². The second-order valence-electron chi connectivity index (χ2n) is 5.02. The lowest BCUT2D eigenvalue weighted by atomic mass is 10.2. The quantitative estimate of drug-likeness (QED) is 0.889. The van der Waals surface area contributed by atoms with E-state index in [1.165, 1.54) is 6.07 Å². The summed E-state index contributed by atoms with van der Waals surface area (Å²) in [4.78, 5) is 14.0. The molecule has 0 unspecified atom stereocenters. The molecular formula is C13H16Cl2N2O3S. The van der Waals surface area contributed by atoms with Gasteiger partial charge in [-0.1, -0.05) is 36.0 Å². The number of hydrogen-bond acceptors (Lipinski definition) is 3. The molecule has 2 rings (SSSR count). The van der Waals surface area contributed by atoms with E-state index in [0.717, 1.165) is 31.7 Å². The van der Waals surface area contributed by atoms with E-state index in [4.69, 9.17) is 28.3 Å². The van der Waals surface area contributed by atoms with Crippen molar-refractivity contribution >= 4 is 39.1 Å². The summed E-state index contributed by atoms with van der Waals surface area (Å²) in [6.45, 7) is 1.26. The average Bonchev–Trinajstić information content (AvgIpc) is 2.68. The number of likely N-dealkylation sites (tertiary alicyclic amines) is 1. The van der Waals surface area contributed by atoms with Crippen molar-refractivity contribution < 1.29 is 13.2 Å². The SMILES string of the molecule is NS(=O)(=O)c1cc(Cl)c(Cl)c(C(=O)N2CCCCCC2)c1. The molecule has 116 valence electrons. The maximum absolute atomic E-state index is 12.6. The van der Waals surface area contributed by atoms with Crippen LogP contribution in [0, 0.1) is 0 Å². The van der Waals surface area contributed by atoms with Gasteiger partial charge in [0.1, 0.15) is 0 Å². The summed E-state index contributed by atoms with van der Waals surface area (Å²) in [7, 11) is -3.95. The van der Waals surface area contributed by atoms with Gasteiger partial charge in [0, 0.05) is 13.1 Å². The molecule has 8 heteroatoms. The van der Waals surface area contributed by atoms with Gasteiger partial charge in [-0.3, -0.25) is 4.79 Å². The Morgan fingerprint density at radius 1 is 1.10 bits per heavy atom.